The van der Waals surface area contributed by atoms with Gasteiger partial charge in [0.1, 0.15) is 0 Å². The minimum Gasteiger partial charge on any atom is -0.481 e. The van der Waals surface area contributed by atoms with E-state index in [1.165, 1.54) is 0 Å². The summed E-state index contributed by atoms with van der Waals surface area (Å²) in [7, 11) is 1.58. The van der Waals surface area contributed by atoms with Crippen molar-refractivity contribution in [2.45, 2.75) is 25.7 Å². The largest absolute Gasteiger partial charge is 0.481 e. The average Bonchev–Trinajstić information content (AvgIpc) is 2.10. The highest BCUT2D eigenvalue weighted by atomic mass is 16.5. The van der Waals surface area contributed by atoms with E-state index in [1.807, 2.05) is 0 Å². The summed E-state index contributed by atoms with van der Waals surface area (Å²) in [5.74, 6) is -0.999. The van der Waals surface area contributed by atoms with Crippen molar-refractivity contribution in [3.8, 4) is 0 Å². The zero-order valence-corrected chi connectivity index (χ0v) is 8.16. The number of carboxylic acids is 1. The van der Waals surface area contributed by atoms with Crippen LogP contribution in [0.4, 0.5) is 0 Å². The summed E-state index contributed by atoms with van der Waals surface area (Å²) in [6.45, 7) is 1.15. The zero-order chi connectivity index (χ0) is 10.1. The maximum absolute atomic E-state index is 10.7. The van der Waals surface area contributed by atoms with Gasteiger partial charge in [-0.15, -0.1) is 0 Å². The Labute approximate surface area is 79.1 Å². The van der Waals surface area contributed by atoms with E-state index >= 15 is 0 Å². The Morgan fingerprint density at radius 3 is 2.62 bits per heavy atom. The van der Waals surface area contributed by atoms with E-state index in [1.54, 1.807) is 7.11 Å². The smallest absolute Gasteiger partial charge is 0.306 e. The normalized spacial score (nSPS) is 12.8. The summed E-state index contributed by atoms with van der Waals surface area (Å²) < 4.78 is 4.84. The van der Waals surface area contributed by atoms with Gasteiger partial charge in [0, 0.05) is 13.7 Å². The maximum atomic E-state index is 10.7. The van der Waals surface area contributed by atoms with Crippen molar-refractivity contribution in [3.63, 3.8) is 0 Å². The lowest BCUT2D eigenvalue weighted by Crippen LogP contribution is -2.16. The van der Waals surface area contributed by atoms with Gasteiger partial charge in [-0.05, 0) is 25.8 Å². The SMILES string of the molecule is COCCC(CCCCN)C(=O)O. The molecule has 0 radical (unpaired) electrons. The molecule has 1 atom stereocenters. The number of rotatable bonds is 8. The van der Waals surface area contributed by atoms with Gasteiger partial charge >= 0.3 is 5.97 Å². The summed E-state index contributed by atoms with van der Waals surface area (Å²) in [5.41, 5.74) is 5.32. The van der Waals surface area contributed by atoms with Gasteiger partial charge in [-0.1, -0.05) is 6.42 Å². The number of carbonyl (C=O) groups is 1. The third kappa shape index (κ3) is 6.54. The first kappa shape index (κ1) is 12.4. The molecular weight excluding hydrogens is 170 g/mol. The molecule has 0 aliphatic carbocycles. The van der Waals surface area contributed by atoms with E-state index in [9.17, 15) is 4.79 Å². The van der Waals surface area contributed by atoms with Gasteiger partial charge in [-0.25, -0.2) is 0 Å². The molecule has 0 heterocycles. The second-order valence-electron chi connectivity index (χ2n) is 3.10. The molecule has 0 fully saturated rings. The Bertz CT molecular complexity index is 139. The Balaban J connectivity index is 3.61. The lowest BCUT2D eigenvalue weighted by atomic mass is 9.99. The van der Waals surface area contributed by atoms with Crippen LogP contribution in [0.3, 0.4) is 0 Å². The molecule has 0 saturated heterocycles. The van der Waals surface area contributed by atoms with E-state index in [-0.39, 0.29) is 5.92 Å². The topological polar surface area (TPSA) is 72.5 Å². The maximum Gasteiger partial charge on any atom is 0.306 e. The van der Waals surface area contributed by atoms with Crippen molar-refractivity contribution in [1.29, 1.82) is 0 Å². The molecule has 0 aromatic rings. The molecule has 0 spiro atoms. The molecule has 0 rings (SSSR count). The molecule has 0 aromatic heterocycles. The third-order valence-electron chi connectivity index (χ3n) is 2.03. The zero-order valence-electron chi connectivity index (χ0n) is 8.16. The van der Waals surface area contributed by atoms with Crippen LogP contribution in [0.15, 0.2) is 0 Å². The molecule has 0 amide bonds. The van der Waals surface area contributed by atoms with Crippen LogP contribution in [0.25, 0.3) is 0 Å². The van der Waals surface area contributed by atoms with Crippen molar-refractivity contribution in [3.05, 3.63) is 0 Å². The van der Waals surface area contributed by atoms with Gasteiger partial charge in [-0.2, -0.15) is 0 Å². The monoisotopic (exact) mass is 189 g/mol. The number of methoxy groups -OCH3 is 1. The molecule has 1 unspecified atom stereocenters. The molecule has 13 heavy (non-hydrogen) atoms. The lowest BCUT2D eigenvalue weighted by molar-refractivity contribution is -0.142. The van der Waals surface area contributed by atoms with Gasteiger partial charge in [0.05, 0.1) is 5.92 Å². The highest BCUT2D eigenvalue weighted by molar-refractivity contribution is 5.69. The first-order chi connectivity index (χ1) is 6.22. The molecule has 0 aliphatic rings. The molecule has 4 nitrogen and oxygen atoms in total. The fourth-order valence-corrected chi connectivity index (χ4v) is 1.19. The summed E-state index contributed by atoms with van der Waals surface area (Å²) >= 11 is 0. The van der Waals surface area contributed by atoms with Crippen LogP contribution in [0.5, 0.6) is 0 Å². The average molecular weight is 189 g/mol. The van der Waals surface area contributed by atoms with Gasteiger partial charge in [-0.3, -0.25) is 4.79 Å². The standard InChI is InChI=1S/C9H19NO3/c1-13-7-5-8(9(11)12)4-2-3-6-10/h8H,2-7,10H2,1H3,(H,11,12). The van der Waals surface area contributed by atoms with E-state index in [0.29, 0.717) is 26.0 Å². The number of nitrogens with two attached hydrogens (primary N) is 1. The van der Waals surface area contributed by atoms with Crippen molar-refractivity contribution >= 4 is 5.97 Å². The number of carboxylic acid groups (broad SMARTS) is 1. The predicted molar refractivity (Wildman–Crippen MR) is 50.5 cm³/mol. The fourth-order valence-electron chi connectivity index (χ4n) is 1.19. The lowest BCUT2D eigenvalue weighted by Gasteiger charge is -2.10. The highest BCUT2D eigenvalue weighted by Gasteiger charge is 2.15. The molecular formula is C9H19NO3. The fraction of sp³-hybridized carbons (Fsp3) is 0.889. The van der Waals surface area contributed by atoms with E-state index in [2.05, 4.69) is 0 Å². The minimum atomic E-state index is -0.728. The van der Waals surface area contributed by atoms with Crippen LogP contribution in [-0.4, -0.2) is 31.3 Å². The van der Waals surface area contributed by atoms with Gasteiger partial charge < -0.3 is 15.6 Å². The van der Waals surface area contributed by atoms with Crippen LogP contribution in [0.1, 0.15) is 25.7 Å². The van der Waals surface area contributed by atoms with Gasteiger partial charge in [0.15, 0.2) is 0 Å². The number of ether oxygens (including phenoxy) is 1. The first-order valence-electron chi connectivity index (χ1n) is 4.64. The Hall–Kier alpha value is -0.610. The second-order valence-corrected chi connectivity index (χ2v) is 3.10. The van der Waals surface area contributed by atoms with Crippen molar-refractivity contribution in [1.82, 2.24) is 0 Å². The summed E-state index contributed by atoms with van der Waals surface area (Å²) in [5, 5.41) is 8.81. The summed E-state index contributed by atoms with van der Waals surface area (Å²) in [6.07, 6.45) is 3.08. The molecule has 4 heteroatoms. The molecule has 0 saturated carbocycles. The number of aliphatic carboxylic acids is 1. The third-order valence-corrected chi connectivity index (χ3v) is 2.03. The number of unbranched alkanes of at least 4 members (excludes halogenated alkanes) is 1. The van der Waals surface area contributed by atoms with Crippen LogP contribution < -0.4 is 5.73 Å². The molecule has 78 valence electrons. The molecule has 3 N–H and O–H groups in total. The second kappa shape index (κ2) is 8.01. The molecule has 0 bridgehead atoms. The Morgan fingerprint density at radius 1 is 1.46 bits per heavy atom. The molecule has 0 aliphatic heterocycles. The van der Waals surface area contributed by atoms with Crippen molar-refractivity contribution < 1.29 is 14.6 Å². The van der Waals surface area contributed by atoms with E-state index in [0.717, 1.165) is 12.8 Å². The van der Waals surface area contributed by atoms with Gasteiger partial charge in [0.25, 0.3) is 0 Å². The van der Waals surface area contributed by atoms with Crippen molar-refractivity contribution in [2.75, 3.05) is 20.3 Å². The summed E-state index contributed by atoms with van der Waals surface area (Å²) in [6, 6.07) is 0. The Kier molecular flexibility index (Phi) is 7.63. The highest BCUT2D eigenvalue weighted by Crippen LogP contribution is 2.12. The predicted octanol–water partition coefficient (Wildman–Crippen LogP) is 0.853. The van der Waals surface area contributed by atoms with E-state index < -0.39 is 5.97 Å². The first-order valence-corrected chi connectivity index (χ1v) is 4.64. The van der Waals surface area contributed by atoms with E-state index in [4.69, 9.17) is 15.6 Å². The minimum absolute atomic E-state index is 0.272. The molecule has 0 aromatic carbocycles. The van der Waals surface area contributed by atoms with Crippen LogP contribution in [0, 0.1) is 5.92 Å². The van der Waals surface area contributed by atoms with Crippen LogP contribution in [0.2, 0.25) is 0 Å². The van der Waals surface area contributed by atoms with Crippen LogP contribution in [-0.2, 0) is 9.53 Å². The quantitative estimate of drug-likeness (QED) is 0.555. The van der Waals surface area contributed by atoms with Crippen LogP contribution >= 0.6 is 0 Å². The van der Waals surface area contributed by atoms with Gasteiger partial charge in [0.2, 0.25) is 0 Å². The number of hydrogen-bond donors (Lipinski definition) is 2. The summed E-state index contributed by atoms with van der Waals surface area (Å²) in [4.78, 5) is 10.7. The number of hydrogen-bond acceptors (Lipinski definition) is 3. The Morgan fingerprint density at radius 2 is 2.15 bits per heavy atom. The van der Waals surface area contributed by atoms with Crippen molar-refractivity contribution in [2.24, 2.45) is 11.7 Å².